The van der Waals surface area contributed by atoms with Gasteiger partial charge in [-0.3, -0.25) is 24.0 Å². The first-order valence-electron chi connectivity index (χ1n) is 43.5. The highest BCUT2D eigenvalue weighted by atomic mass is 16.6. The summed E-state index contributed by atoms with van der Waals surface area (Å²) in [4.78, 5) is 72.4. The lowest BCUT2D eigenvalue weighted by molar-refractivity contribution is -0.162. The second kappa shape index (κ2) is 27.1. The summed E-state index contributed by atoms with van der Waals surface area (Å²) < 4.78 is 32.4. The molecular formula is C97H116O10. The highest BCUT2D eigenvalue weighted by Crippen LogP contribution is 2.66. The Labute approximate surface area is 635 Å². The number of carbonyl (C=O) groups excluding carboxylic acids is 5. The van der Waals surface area contributed by atoms with Crippen LogP contribution in [0.2, 0.25) is 0 Å². The maximum Gasteiger partial charge on any atom is 0.317 e. The summed E-state index contributed by atoms with van der Waals surface area (Å²) in [6.45, 7) is 4.65. The predicted molar refractivity (Wildman–Crippen MR) is 412 cm³/mol. The molecule has 0 saturated heterocycles. The average molecular weight is 1440 g/mol. The first kappa shape index (κ1) is 69.6. The van der Waals surface area contributed by atoms with Crippen LogP contribution in [0.15, 0.2) is 121 Å². The van der Waals surface area contributed by atoms with Crippen LogP contribution in [0.1, 0.15) is 296 Å². The van der Waals surface area contributed by atoms with E-state index >= 15 is 0 Å². The van der Waals surface area contributed by atoms with Gasteiger partial charge in [-0.1, -0.05) is 74.5 Å². The van der Waals surface area contributed by atoms with Gasteiger partial charge < -0.3 is 23.7 Å². The standard InChI is InChI=1S/C97H116O10/c1-3-74(76-6-16-84(17-7-76)104-89(99)94-46-62-28-63(47-94)30-64(29-62)48-94)40-81(78-10-20-86(21-11-78)106-91(101)96-52-68-34-69(53-96)36-70(35-68)54-96)42-82(79-12-22-87(23-13-79)107-92(102)97-55-71-37-72(56-97)39-73(38-71)57-97)41-80(77-8-18-85(19-9-77)105-90(100)95-49-65-31-66(50-95)33-67(32-65)51-95)24-58(2)75-4-14-83(15-5-75)103-88(98)93-43-59-25-60(44-93)27-61(26-59)45-93/h4-23,58-74,80-82H,3,24-57H2,1-2H3. The summed E-state index contributed by atoms with van der Waals surface area (Å²) in [6, 6.07) is 42.7. The normalized spacial score (nSPS) is 38.5. The highest BCUT2D eigenvalue weighted by molar-refractivity contribution is 5.83. The number of hydrogen-bond donors (Lipinski definition) is 0. The van der Waals surface area contributed by atoms with Crippen molar-refractivity contribution >= 4 is 29.8 Å². The van der Waals surface area contributed by atoms with E-state index in [0.29, 0.717) is 118 Å². The van der Waals surface area contributed by atoms with E-state index < -0.39 is 0 Å². The van der Waals surface area contributed by atoms with Crippen LogP contribution < -0.4 is 23.7 Å². The Balaban J connectivity index is 0.624. The van der Waals surface area contributed by atoms with Gasteiger partial charge >= 0.3 is 29.8 Å². The van der Waals surface area contributed by atoms with Crippen LogP contribution in [-0.4, -0.2) is 29.8 Å². The Kier molecular flexibility index (Phi) is 17.7. The Bertz CT molecular complexity index is 4000. The van der Waals surface area contributed by atoms with Gasteiger partial charge in [0, 0.05) is 0 Å². The second-order valence-electron chi connectivity index (χ2n) is 40.8. The van der Waals surface area contributed by atoms with Crippen LogP contribution >= 0.6 is 0 Å². The number of carbonyl (C=O) groups is 5. The molecule has 0 aliphatic heterocycles. The van der Waals surface area contributed by atoms with Gasteiger partial charge in [0.15, 0.2) is 0 Å². The zero-order chi connectivity index (χ0) is 72.1. The molecular weight excluding hydrogens is 1330 g/mol. The molecule has 0 heterocycles. The summed E-state index contributed by atoms with van der Waals surface area (Å²) in [5.41, 5.74) is 4.17. The second-order valence-corrected chi connectivity index (χ2v) is 40.8. The van der Waals surface area contributed by atoms with E-state index in [1.54, 1.807) is 0 Å². The van der Waals surface area contributed by atoms with Gasteiger partial charge in [0.2, 0.25) is 0 Å². The SMILES string of the molecule is CCC(CC(CC(CC(CC(C)c1ccc(OC(=O)C23CC4CC(CC(C4)C2)C3)cc1)c1ccc(OC(=O)C23CC4CC(CC(C4)C2)C3)cc1)c1ccc(OC(=O)C23CC4CC(CC(C4)C2)C3)cc1)c1ccc(OC(=O)C23CC4CC(CC(C4)C2)C3)cc1)c1ccc(OC(=O)C23CC4CC(CC(C4)C2)C3)cc1. The molecule has 0 aromatic heterocycles. The van der Waals surface area contributed by atoms with E-state index in [4.69, 9.17) is 23.7 Å². The van der Waals surface area contributed by atoms with Crippen LogP contribution in [0, 0.1) is 116 Å². The summed E-state index contributed by atoms with van der Waals surface area (Å²) in [7, 11) is 0. The smallest absolute Gasteiger partial charge is 0.317 e. The molecule has 20 saturated carbocycles. The van der Waals surface area contributed by atoms with Gasteiger partial charge in [-0.15, -0.1) is 0 Å². The van der Waals surface area contributed by atoms with Gasteiger partial charge in [-0.05, 0) is 432 Å². The summed E-state index contributed by atoms with van der Waals surface area (Å²) >= 11 is 0. The fraction of sp³-hybridized carbons (Fsp3) is 0.639. The molecule has 5 aromatic rings. The van der Waals surface area contributed by atoms with Gasteiger partial charge in [0.05, 0.1) is 27.1 Å². The minimum atomic E-state index is -0.383. The highest BCUT2D eigenvalue weighted by Gasteiger charge is 2.61. The molecule has 20 fully saturated rings. The number of hydrogen-bond acceptors (Lipinski definition) is 10. The zero-order valence-electron chi connectivity index (χ0n) is 63.9. The lowest BCUT2D eigenvalue weighted by Crippen LogP contribution is -2.51. The molecule has 20 aliphatic carbocycles. The number of benzene rings is 5. The molecule has 0 radical (unpaired) electrons. The van der Waals surface area contributed by atoms with Gasteiger partial charge in [-0.25, -0.2) is 0 Å². The van der Waals surface area contributed by atoms with Crippen molar-refractivity contribution in [1.29, 1.82) is 0 Å². The van der Waals surface area contributed by atoms with E-state index in [9.17, 15) is 24.0 Å². The van der Waals surface area contributed by atoms with Crippen LogP contribution in [0.5, 0.6) is 28.7 Å². The van der Waals surface area contributed by atoms with Crippen LogP contribution in [0.3, 0.4) is 0 Å². The third kappa shape index (κ3) is 13.3. The van der Waals surface area contributed by atoms with Crippen molar-refractivity contribution in [3.63, 3.8) is 0 Å². The summed E-state index contributed by atoms with van der Waals surface area (Å²) in [5.74, 6) is 12.9. The Morgan fingerprint density at radius 2 is 0.411 bits per heavy atom. The van der Waals surface area contributed by atoms with Gasteiger partial charge in [0.1, 0.15) is 28.7 Å². The van der Waals surface area contributed by atoms with Crippen molar-refractivity contribution in [2.24, 2.45) is 116 Å². The molecule has 0 N–H and O–H groups in total. The number of rotatable bonds is 24. The van der Waals surface area contributed by atoms with E-state index in [2.05, 4.69) is 111 Å². The summed E-state index contributed by atoms with van der Waals surface area (Å²) in [6.07, 6.45) is 37.6. The van der Waals surface area contributed by atoms with Gasteiger partial charge in [0.25, 0.3) is 0 Å². The van der Waals surface area contributed by atoms with Crippen molar-refractivity contribution < 1.29 is 47.7 Å². The minimum absolute atomic E-state index is 0.00234. The number of esters is 5. The molecule has 0 spiro atoms. The molecule has 5 atom stereocenters. The van der Waals surface area contributed by atoms with E-state index in [-0.39, 0.29) is 86.5 Å². The Morgan fingerprint density at radius 1 is 0.252 bits per heavy atom. The molecule has 107 heavy (non-hydrogen) atoms. The molecule has 10 heteroatoms. The van der Waals surface area contributed by atoms with Crippen molar-refractivity contribution in [3.05, 3.63) is 149 Å². The van der Waals surface area contributed by atoms with Crippen molar-refractivity contribution in [2.45, 2.75) is 268 Å². The summed E-state index contributed by atoms with van der Waals surface area (Å²) in [5, 5.41) is 0. The molecule has 25 rings (SSSR count). The Morgan fingerprint density at radius 3 is 0.598 bits per heavy atom. The maximum atomic E-state index is 14.6. The molecule has 0 amide bonds. The largest absolute Gasteiger partial charge is 0.426 e. The van der Waals surface area contributed by atoms with Crippen molar-refractivity contribution in [1.82, 2.24) is 0 Å². The minimum Gasteiger partial charge on any atom is -0.426 e. The monoisotopic (exact) mass is 1440 g/mol. The maximum absolute atomic E-state index is 14.6. The van der Waals surface area contributed by atoms with Gasteiger partial charge in [-0.2, -0.15) is 0 Å². The third-order valence-electron chi connectivity index (χ3n) is 33.1. The molecule has 5 unspecified atom stereocenters. The van der Waals surface area contributed by atoms with E-state index in [0.717, 1.165) is 128 Å². The topological polar surface area (TPSA) is 132 Å². The van der Waals surface area contributed by atoms with E-state index in [1.165, 1.54) is 124 Å². The lowest BCUT2D eigenvalue weighted by atomic mass is 9.49. The predicted octanol–water partition coefficient (Wildman–Crippen LogP) is 22.5. The molecule has 5 aromatic carbocycles. The molecule has 20 bridgehead atoms. The zero-order valence-corrected chi connectivity index (χ0v) is 63.9. The van der Waals surface area contributed by atoms with Crippen LogP contribution in [0.4, 0.5) is 0 Å². The Hall–Kier alpha value is -6.55. The average Bonchev–Trinajstić information content (AvgIpc) is 0.763. The van der Waals surface area contributed by atoms with Crippen LogP contribution in [-0.2, 0) is 24.0 Å². The fourth-order valence-electron chi connectivity index (χ4n) is 30.2. The lowest BCUT2D eigenvalue weighted by Gasteiger charge is -2.55. The van der Waals surface area contributed by atoms with Crippen LogP contribution in [0.25, 0.3) is 0 Å². The van der Waals surface area contributed by atoms with E-state index in [1.807, 2.05) is 24.3 Å². The quantitative estimate of drug-likeness (QED) is 0.0434. The molecule has 20 aliphatic rings. The fourth-order valence-corrected chi connectivity index (χ4v) is 30.2. The first-order chi connectivity index (χ1) is 51.9. The molecule has 10 nitrogen and oxygen atoms in total. The van der Waals surface area contributed by atoms with Crippen molar-refractivity contribution in [3.8, 4) is 28.7 Å². The first-order valence-corrected chi connectivity index (χ1v) is 43.5. The molecule has 564 valence electrons. The third-order valence-corrected chi connectivity index (χ3v) is 33.1. The number of ether oxygens (including phenoxy) is 5. The van der Waals surface area contributed by atoms with Crippen molar-refractivity contribution in [2.75, 3.05) is 0 Å².